The zero-order valence-corrected chi connectivity index (χ0v) is 12.0. The summed E-state index contributed by atoms with van der Waals surface area (Å²) in [5.41, 5.74) is 3.06. The van der Waals surface area contributed by atoms with Gasteiger partial charge in [0.25, 0.3) is 5.91 Å². The van der Waals surface area contributed by atoms with Crippen LogP contribution >= 0.6 is 0 Å². The second-order valence-electron chi connectivity index (χ2n) is 5.37. The highest BCUT2D eigenvalue weighted by molar-refractivity contribution is 5.95. The maximum atomic E-state index is 11.9. The van der Waals surface area contributed by atoms with E-state index < -0.39 is 0 Å². The number of aryl methyl sites for hydroxylation is 1. The number of anilines is 1. The van der Waals surface area contributed by atoms with E-state index in [0.29, 0.717) is 12.6 Å². The summed E-state index contributed by atoms with van der Waals surface area (Å²) in [5, 5.41) is 6.45. The van der Waals surface area contributed by atoms with E-state index in [1.54, 1.807) is 0 Å². The largest absolute Gasteiger partial charge is 0.382 e. The molecule has 19 heavy (non-hydrogen) atoms. The van der Waals surface area contributed by atoms with Gasteiger partial charge < -0.3 is 10.6 Å². The second kappa shape index (κ2) is 6.60. The first-order chi connectivity index (χ1) is 9.20. The monoisotopic (exact) mass is 260 g/mol. The van der Waals surface area contributed by atoms with Gasteiger partial charge in [-0.1, -0.05) is 25.3 Å². The van der Waals surface area contributed by atoms with Gasteiger partial charge in [-0.3, -0.25) is 4.79 Å². The summed E-state index contributed by atoms with van der Waals surface area (Å²) in [6.07, 6.45) is 6.46. The van der Waals surface area contributed by atoms with Crippen molar-refractivity contribution in [3.8, 4) is 0 Å². The zero-order chi connectivity index (χ0) is 13.7. The van der Waals surface area contributed by atoms with E-state index >= 15 is 0 Å². The summed E-state index contributed by atoms with van der Waals surface area (Å²) in [6, 6.07) is 6.47. The molecule has 1 aromatic carbocycles. The fourth-order valence-electron chi connectivity index (χ4n) is 2.65. The van der Waals surface area contributed by atoms with Crippen molar-refractivity contribution in [1.82, 2.24) is 5.32 Å². The number of carbonyl (C=O) groups excluding carboxylic acids is 1. The van der Waals surface area contributed by atoms with Gasteiger partial charge in [0.15, 0.2) is 0 Å². The summed E-state index contributed by atoms with van der Waals surface area (Å²) in [6.45, 7) is 4.69. The van der Waals surface area contributed by atoms with Crippen molar-refractivity contribution < 1.29 is 4.79 Å². The molecular formula is C16H24N2O. The molecule has 0 heterocycles. The highest BCUT2D eigenvalue weighted by Gasteiger charge is 2.14. The number of carbonyl (C=O) groups is 1. The Bertz CT molecular complexity index is 436. The topological polar surface area (TPSA) is 41.1 Å². The van der Waals surface area contributed by atoms with Crippen molar-refractivity contribution in [2.75, 3.05) is 11.9 Å². The maximum absolute atomic E-state index is 11.9. The Morgan fingerprint density at radius 3 is 2.68 bits per heavy atom. The Kier molecular flexibility index (Phi) is 4.83. The van der Waals surface area contributed by atoms with E-state index in [2.05, 4.69) is 17.6 Å². The molecule has 3 nitrogen and oxygen atoms in total. The van der Waals surface area contributed by atoms with Crippen LogP contribution in [0, 0.1) is 6.92 Å². The lowest BCUT2D eigenvalue weighted by molar-refractivity contribution is 0.0956. The van der Waals surface area contributed by atoms with Gasteiger partial charge in [-0.2, -0.15) is 0 Å². The van der Waals surface area contributed by atoms with Gasteiger partial charge in [-0.15, -0.1) is 0 Å². The van der Waals surface area contributed by atoms with E-state index in [-0.39, 0.29) is 5.91 Å². The molecule has 0 aliphatic heterocycles. The lowest BCUT2D eigenvalue weighted by atomic mass is 9.95. The molecule has 0 aromatic heterocycles. The van der Waals surface area contributed by atoms with Crippen LogP contribution in [0.4, 0.5) is 5.69 Å². The van der Waals surface area contributed by atoms with Crippen molar-refractivity contribution in [3.63, 3.8) is 0 Å². The SMILES string of the molecule is CCNC(=O)c1ccc(C)c(NC2CCCCC2)c1. The van der Waals surface area contributed by atoms with Gasteiger partial charge in [0.2, 0.25) is 0 Å². The fraction of sp³-hybridized carbons (Fsp3) is 0.562. The third-order valence-electron chi connectivity index (χ3n) is 3.80. The predicted molar refractivity (Wildman–Crippen MR) is 79.7 cm³/mol. The van der Waals surface area contributed by atoms with Crippen molar-refractivity contribution in [3.05, 3.63) is 29.3 Å². The molecule has 1 aliphatic rings. The highest BCUT2D eigenvalue weighted by atomic mass is 16.1. The predicted octanol–water partition coefficient (Wildman–Crippen LogP) is 3.49. The molecule has 1 aromatic rings. The van der Waals surface area contributed by atoms with Crippen LogP contribution in [-0.4, -0.2) is 18.5 Å². The van der Waals surface area contributed by atoms with Crippen molar-refractivity contribution >= 4 is 11.6 Å². The minimum Gasteiger partial charge on any atom is -0.382 e. The van der Waals surface area contributed by atoms with E-state index in [0.717, 1.165) is 11.3 Å². The molecule has 2 N–H and O–H groups in total. The van der Waals surface area contributed by atoms with Crippen molar-refractivity contribution in [1.29, 1.82) is 0 Å². The summed E-state index contributed by atoms with van der Waals surface area (Å²) >= 11 is 0. The van der Waals surface area contributed by atoms with E-state index in [9.17, 15) is 4.79 Å². The van der Waals surface area contributed by atoms with Crippen LogP contribution in [0.3, 0.4) is 0 Å². The molecule has 0 saturated heterocycles. The minimum absolute atomic E-state index is 0.00851. The zero-order valence-electron chi connectivity index (χ0n) is 12.0. The lowest BCUT2D eigenvalue weighted by Gasteiger charge is -2.25. The van der Waals surface area contributed by atoms with Crippen LogP contribution in [0.5, 0.6) is 0 Å². The number of hydrogen-bond donors (Lipinski definition) is 2. The third-order valence-corrected chi connectivity index (χ3v) is 3.80. The lowest BCUT2D eigenvalue weighted by Crippen LogP contribution is -2.24. The fourth-order valence-corrected chi connectivity index (χ4v) is 2.65. The molecule has 3 heteroatoms. The van der Waals surface area contributed by atoms with Gasteiger partial charge in [0, 0.05) is 23.8 Å². The maximum Gasteiger partial charge on any atom is 0.251 e. The molecule has 0 radical (unpaired) electrons. The van der Waals surface area contributed by atoms with Crippen molar-refractivity contribution in [2.45, 2.75) is 52.0 Å². The number of benzene rings is 1. The second-order valence-corrected chi connectivity index (χ2v) is 5.37. The van der Waals surface area contributed by atoms with Crippen molar-refractivity contribution in [2.24, 2.45) is 0 Å². The molecule has 0 spiro atoms. The molecule has 1 saturated carbocycles. The Hall–Kier alpha value is -1.51. The van der Waals surface area contributed by atoms with Gasteiger partial charge in [-0.25, -0.2) is 0 Å². The van der Waals surface area contributed by atoms with E-state index in [1.165, 1.54) is 37.7 Å². The molecule has 0 atom stereocenters. The summed E-state index contributed by atoms with van der Waals surface area (Å²) < 4.78 is 0. The smallest absolute Gasteiger partial charge is 0.251 e. The summed E-state index contributed by atoms with van der Waals surface area (Å²) in [4.78, 5) is 11.9. The van der Waals surface area contributed by atoms with Crippen LogP contribution in [-0.2, 0) is 0 Å². The average Bonchev–Trinajstić information content (AvgIpc) is 2.42. The number of hydrogen-bond acceptors (Lipinski definition) is 2. The third kappa shape index (κ3) is 3.72. The van der Waals surface area contributed by atoms with Crippen LogP contribution in [0.2, 0.25) is 0 Å². The van der Waals surface area contributed by atoms with Gasteiger partial charge in [0.1, 0.15) is 0 Å². The Morgan fingerprint density at radius 1 is 1.26 bits per heavy atom. The Balaban J connectivity index is 2.10. The first-order valence-electron chi connectivity index (χ1n) is 7.36. The highest BCUT2D eigenvalue weighted by Crippen LogP contribution is 2.24. The molecule has 104 valence electrons. The molecule has 0 bridgehead atoms. The van der Waals surface area contributed by atoms with E-state index in [1.807, 2.05) is 25.1 Å². The standard InChI is InChI=1S/C16H24N2O/c1-3-17-16(19)13-10-9-12(2)15(11-13)18-14-7-5-4-6-8-14/h9-11,14,18H,3-8H2,1-2H3,(H,17,19). The van der Waals surface area contributed by atoms with Crippen LogP contribution in [0.25, 0.3) is 0 Å². The first-order valence-corrected chi connectivity index (χ1v) is 7.36. The molecule has 1 amide bonds. The first kappa shape index (κ1) is 13.9. The molecule has 1 aliphatic carbocycles. The number of rotatable bonds is 4. The van der Waals surface area contributed by atoms with Crippen LogP contribution in [0.1, 0.15) is 54.9 Å². The summed E-state index contributed by atoms with van der Waals surface area (Å²) in [7, 11) is 0. The van der Waals surface area contributed by atoms with E-state index in [4.69, 9.17) is 0 Å². The Labute approximate surface area is 115 Å². The number of amides is 1. The van der Waals surface area contributed by atoms with Crippen LogP contribution < -0.4 is 10.6 Å². The summed E-state index contributed by atoms with van der Waals surface area (Å²) in [5.74, 6) is 0.00851. The van der Waals surface area contributed by atoms with Gasteiger partial charge >= 0.3 is 0 Å². The van der Waals surface area contributed by atoms with Crippen LogP contribution in [0.15, 0.2) is 18.2 Å². The van der Waals surface area contributed by atoms with Gasteiger partial charge in [-0.05, 0) is 44.4 Å². The quantitative estimate of drug-likeness (QED) is 0.870. The normalized spacial score (nSPS) is 16.1. The van der Waals surface area contributed by atoms with Gasteiger partial charge in [0.05, 0.1) is 0 Å². The molecule has 1 fully saturated rings. The molecular weight excluding hydrogens is 236 g/mol. The number of nitrogens with one attached hydrogen (secondary N) is 2. The minimum atomic E-state index is 0.00851. The Morgan fingerprint density at radius 2 is 2.00 bits per heavy atom. The average molecular weight is 260 g/mol. The molecule has 2 rings (SSSR count). The molecule has 0 unspecified atom stereocenters.